The van der Waals surface area contributed by atoms with E-state index in [-0.39, 0.29) is 26.1 Å². The van der Waals surface area contributed by atoms with Gasteiger partial charge in [0.1, 0.15) is 12.1 Å². The number of ether oxygens (including phenoxy) is 1. The summed E-state index contributed by atoms with van der Waals surface area (Å²) in [4.78, 5) is 11.1. The van der Waals surface area contributed by atoms with Gasteiger partial charge in [-0.1, -0.05) is 0 Å². The number of hydrogen-bond donors (Lipinski definition) is 3. The number of halogens is 3. The molecule has 0 atom stereocenters. The average Bonchev–Trinajstić information content (AvgIpc) is 2.26. The lowest BCUT2D eigenvalue weighted by Crippen LogP contribution is -2.60. The Balaban J connectivity index is 2.76. The third-order valence-corrected chi connectivity index (χ3v) is 3.73. The minimum Gasteiger partial charge on any atom is -0.480 e. The Bertz CT molecular complexity index is 430. The van der Waals surface area contributed by atoms with E-state index in [1.807, 2.05) is 0 Å². The number of carboxylic acids is 1. The van der Waals surface area contributed by atoms with Gasteiger partial charge in [0.05, 0.1) is 0 Å². The molecular weight excluding hydrogens is 293 g/mol. The Morgan fingerprint density at radius 2 is 1.84 bits per heavy atom. The molecule has 112 valence electrons. The number of carboxylic acid groups (broad SMARTS) is 1. The van der Waals surface area contributed by atoms with E-state index in [0.717, 1.165) is 0 Å². The highest BCUT2D eigenvalue weighted by Crippen LogP contribution is 2.22. The van der Waals surface area contributed by atoms with E-state index in [1.165, 1.54) is 4.72 Å². The Morgan fingerprint density at radius 3 is 2.26 bits per heavy atom. The number of hydrogen-bond acceptors (Lipinski definition) is 4. The largest absolute Gasteiger partial charge is 0.480 e. The Morgan fingerprint density at radius 1 is 1.32 bits per heavy atom. The summed E-state index contributed by atoms with van der Waals surface area (Å²) in [5.41, 5.74) is -1.84. The third-order valence-electron chi connectivity index (χ3n) is 2.55. The molecule has 7 nitrogen and oxygen atoms in total. The molecule has 0 saturated carbocycles. The summed E-state index contributed by atoms with van der Waals surface area (Å²) in [7, 11) is -4.57. The first-order valence-corrected chi connectivity index (χ1v) is 6.71. The van der Waals surface area contributed by atoms with Crippen LogP contribution >= 0.6 is 0 Å². The van der Waals surface area contributed by atoms with Crippen LogP contribution in [0.25, 0.3) is 0 Å². The summed E-state index contributed by atoms with van der Waals surface area (Å²) in [5.74, 6) is -1.45. The van der Waals surface area contributed by atoms with Crippen LogP contribution in [-0.4, -0.2) is 51.0 Å². The van der Waals surface area contributed by atoms with E-state index in [2.05, 4.69) is 0 Å². The molecule has 0 aliphatic carbocycles. The number of carbonyl (C=O) groups is 1. The molecule has 0 unspecified atom stereocenters. The van der Waals surface area contributed by atoms with Gasteiger partial charge in [-0.3, -0.25) is 4.79 Å². The van der Waals surface area contributed by atoms with E-state index in [9.17, 15) is 26.4 Å². The summed E-state index contributed by atoms with van der Waals surface area (Å²) in [6, 6.07) is 0. The lowest BCUT2D eigenvalue weighted by molar-refractivity contribution is -0.148. The van der Waals surface area contributed by atoms with Gasteiger partial charge in [-0.05, 0) is 0 Å². The van der Waals surface area contributed by atoms with E-state index in [1.54, 1.807) is 4.72 Å². The first-order chi connectivity index (χ1) is 8.56. The molecule has 0 amide bonds. The molecule has 0 aromatic carbocycles. The van der Waals surface area contributed by atoms with Gasteiger partial charge in [-0.25, -0.2) is 0 Å². The molecule has 1 rings (SSSR count). The van der Waals surface area contributed by atoms with E-state index in [0.29, 0.717) is 0 Å². The normalized spacial score (nSPS) is 20.2. The van der Waals surface area contributed by atoms with E-state index < -0.39 is 34.4 Å². The highest BCUT2D eigenvalue weighted by molar-refractivity contribution is 7.87. The van der Waals surface area contributed by atoms with Crippen LogP contribution in [0.5, 0.6) is 0 Å². The summed E-state index contributed by atoms with van der Waals surface area (Å²) in [6.45, 7) is -1.75. The molecule has 11 heteroatoms. The highest BCUT2D eigenvalue weighted by atomic mass is 32.2. The number of alkyl halides is 3. The zero-order valence-electron chi connectivity index (χ0n) is 9.66. The molecule has 1 saturated heterocycles. The molecule has 19 heavy (non-hydrogen) atoms. The SMILES string of the molecule is O=C(O)C1(NS(=O)(=O)NCC(F)(F)F)CCOCC1. The van der Waals surface area contributed by atoms with Crippen molar-refractivity contribution in [2.75, 3.05) is 19.8 Å². The van der Waals surface area contributed by atoms with E-state index >= 15 is 0 Å². The summed E-state index contributed by atoms with van der Waals surface area (Å²) >= 11 is 0. The second-order valence-electron chi connectivity index (χ2n) is 4.04. The molecule has 1 aliphatic heterocycles. The lowest BCUT2D eigenvalue weighted by Gasteiger charge is -2.33. The van der Waals surface area contributed by atoms with Crippen LogP contribution in [0, 0.1) is 0 Å². The van der Waals surface area contributed by atoms with Crippen molar-refractivity contribution < 1.29 is 36.2 Å². The molecular formula is C8H13F3N2O5S. The smallest absolute Gasteiger partial charge is 0.402 e. The molecule has 0 aromatic rings. The van der Waals surface area contributed by atoms with Gasteiger partial charge >= 0.3 is 12.1 Å². The topological polar surface area (TPSA) is 105 Å². The maximum Gasteiger partial charge on any atom is 0.402 e. The Labute approximate surface area is 107 Å². The van der Waals surface area contributed by atoms with Crippen LogP contribution in [0.3, 0.4) is 0 Å². The maximum absolute atomic E-state index is 11.9. The fraction of sp³-hybridized carbons (Fsp3) is 0.875. The van der Waals surface area contributed by atoms with Crippen molar-refractivity contribution in [3.63, 3.8) is 0 Å². The summed E-state index contributed by atoms with van der Waals surface area (Å²) in [5, 5.41) is 9.05. The van der Waals surface area contributed by atoms with Gasteiger partial charge in [0.2, 0.25) is 0 Å². The van der Waals surface area contributed by atoms with Crippen molar-refractivity contribution in [3.05, 3.63) is 0 Å². The van der Waals surface area contributed by atoms with Crippen LogP contribution in [0.4, 0.5) is 13.2 Å². The maximum atomic E-state index is 11.9. The summed E-state index contributed by atoms with van der Waals surface area (Å²) in [6.07, 6.45) is -5.04. The monoisotopic (exact) mass is 306 g/mol. The van der Waals surface area contributed by atoms with Gasteiger partial charge in [-0.15, -0.1) is 0 Å². The quantitative estimate of drug-likeness (QED) is 0.641. The number of nitrogens with one attached hydrogen (secondary N) is 2. The molecule has 1 fully saturated rings. The first-order valence-electron chi connectivity index (χ1n) is 5.23. The fourth-order valence-electron chi connectivity index (χ4n) is 1.55. The Hall–Kier alpha value is -0.910. The second kappa shape index (κ2) is 5.61. The van der Waals surface area contributed by atoms with E-state index in [4.69, 9.17) is 9.84 Å². The minimum absolute atomic E-state index is 0.00803. The summed E-state index contributed by atoms with van der Waals surface area (Å²) < 4.78 is 66.6. The molecule has 0 spiro atoms. The molecule has 0 radical (unpaired) electrons. The van der Waals surface area contributed by atoms with Crippen molar-refractivity contribution in [2.24, 2.45) is 0 Å². The van der Waals surface area contributed by atoms with Crippen molar-refractivity contribution in [2.45, 2.75) is 24.6 Å². The predicted octanol–water partition coefficient (Wildman–Crippen LogP) is -0.394. The average molecular weight is 306 g/mol. The zero-order valence-corrected chi connectivity index (χ0v) is 10.5. The molecule has 0 aromatic heterocycles. The fourth-order valence-corrected chi connectivity index (χ4v) is 2.78. The number of rotatable bonds is 5. The van der Waals surface area contributed by atoms with Crippen LogP contribution in [0.1, 0.15) is 12.8 Å². The Kier molecular flexibility index (Phi) is 4.76. The molecule has 0 bridgehead atoms. The van der Waals surface area contributed by atoms with Gasteiger partial charge in [0, 0.05) is 26.1 Å². The van der Waals surface area contributed by atoms with Gasteiger partial charge < -0.3 is 9.84 Å². The highest BCUT2D eigenvalue weighted by Gasteiger charge is 2.44. The predicted molar refractivity (Wildman–Crippen MR) is 56.5 cm³/mol. The van der Waals surface area contributed by atoms with Crippen LogP contribution < -0.4 is 9.44 Å². The van der Waals surface area contributed by atoms with Crippen LogP contribution in [0.2, 0.25) is 0 Å². The van der Waals surface area contributed by atoms with Crippen LogP contribution in [0.15, 0.2) is 0 Å². The van der Waals surface area contributed by atoms with Crippen molar-refractivity contribution in [3.8, 4) is 0 Å². The third kappa shape index (κ3) is 4.93. The molecule has 3 N–H and O–H groups in total. The number of aliphatic carboxylic acids is 1. The molecule has 1 heterocycles. The molecule has 1 aliphatic rings. The van der Waals surface area contributed by atoms with Gasteiger partial charge in [0.25, 0.3) is 10.2 Å². The van der Waals surface area contributed by atoms with Gasteiger partial charge in [-0.2, -0.15) is 31.0 Å². The standard InChI is InChI=1S/C8H13F3N2O5S/c9-8(10,11)5-12-19(16,17)13-7(6(14)15)1-3-18-4-2-7/h12-13H,1-5H2,(H,14,15). The van der Waals surface area contributed by atoms with Crippen LogP contribution in [-0.2, 0) is 19.7 Å². The lowest BCUT2D eigenvalue weighted by atomic mass is 9.92. The van der Waals surface area contributed by atoms with Crippen molar-refractivity contribution in [1.29, 1.82) is 0 Å². The van der Waals surface area contributed by atoms with Crippen molar-refractivity contribution in [1.82, 2.24) is 9.44 Å². The second-order valence-corrected chi connectivity index (χ2v) is 5.54. The van der Waals surface area contributed by atoms with Gasteiger partial charge in [0.15, 0.2) is 0 Å². The first kappa shape index (κ1) is 16.1. The zero-order chi connectivity index (χ0) is 14.7. The van der Waals surface area contributed by atoms with Crippen molar-refractivity contribution >= 4 is 16.2 Å². The minimum atomic E-state index is -4.72.